The Morgan fingerprint density at radius 2 is 2.00 bits per heavy atom. The highest BCUT2D eigenvalue weighted by molar-refractivity contribution is 7.99. The van der Waals surface area contributed by atoms with Crippen molar-refractivity contribution in [1.29, 1.82) is 0 Å². The standard InChI is InChI=1S/C13H19N5O2S/c1-7-8(2)18-11(14-10(7)20)16-17-12(18)21-6-9(19)15-13(3,4)5/h6H2,1-5H3,(H,15,19)(H,14,16,20). The topological polar surface area (TPSA) is 92.2 Å². The molecule has 0 atom stereocenters. The molecule has 0 fully saturated rings. The molecular weight excluding hydrogens is 290 g/mol. The number of nitrogens with one attached hydrogen (secondary N) is 2. The molecule has 0 saturated carbocycles. The largest absolute Gasteiger partial charge is 0.351 e. The van der Waals surface area contributed by atoms with Crippen LogP contribution in [0.5, 0.6) is 0 Å². The summed E-state index contributed by atoms with van der Waals surface area (Å²) in [6.07, 6.45) is 0. The molecule has 0 saturated heterocycles. The van der Waals surface area contributed by atoms with Crippen molar-refractivity contribution in [3.8, 4) is 0 Å². The SMILES string of the molecule is Cc1c(C)n2c(SCC(=O)NC(C)(C)C)nnc2[nH]c1=O. The number of H-pyrrole nitrogens is 1. The van der Waals surface area contributed by atoms with Gasteiger partial charge in [0.15, 0.2) is 5.16 Å². The van der Waals surface area contributed by atoms with Crippen LogP contribution in [-0.4, -0.2) is 36.8 Å². The number of aromatic nitrogens is 4. The van der Waals surface area contributed by atoms with Gasteiger partial charge in [-0.05, 0) is 34.6 Å². The quantitative estimate of drug-likeness (QED) is 0.827. The van der Waals surface area contributed by atoms with Gasteiger partial charge in [0, 0.05) is 16.8 Å². The summed E-state index contributed by atoms with van der Waals surface area (Å²) in [5.41, 5.74) is 0.956. The zero-order valence-corrected chi connectivity index (χ0v) is 13.6. The Hall–Kier alpha value is -1.83. The molecule has 0 unspecified atom stereocenters. The summed E-state index contributed by atoms with van der Waals surface area (Å²) in [7, 11) is 0. The number of hydrogen-bond acceptors (Lipinski definition) is 5. The fraction of sp³-hybridized carbons (Fsp3) is 0.538. The highest BCUT2D eigenvalue weighted by atomic mass is 32.2. The van der Waals surface area contributed by atoms with Crippen LogP contribution >= 0.6 is 11.8 Å². The van der Waals surface area contributed by atoms with Crippen molar-refractivity contribution < 1.29 is 4.79 Å². The normalized spacial score (nSPS) is 11.9. The fourth-order valence-corrected chi connectivity index (χ4v) is 2.64. The predicted molar refractivity (Wildman–Crippen MR) is 81.7 cm³/mol. The molecule has 2 rings (SSSR count). The van der Waals surface area contributed by atoms with Gasteiger partial charge >= 0.3 is 0 Å². The van der Waals surface area contributed by atoms with Gasteiger partial charge in [-0.25, -0.2) is 0 Å². The van der Waals surface area contributed by atoms with Crippen LogP contribution in [0, 0.1) is 13.8 Å². The minimum Gasteiger partial charge on any atom is -0.351 e. The zero-order valence-electron chi connectivity index (χ0n) is 12.8. The number of aromatic amines is 1. The minimum atomic E-state index is -0.262. The van der Waals surface area contributed by atoms with Crippen molar-refractivity contribution >= 4 is 23.4 Å². The maximum Gasteiger partial charge on any atom is 0.255 e. The molecule has 0 radical (unpaired) electrons. The maximum absolute atomic E-state index is 11.8. The number of fused-ring (bicyclic) bond motifs is 1. The van der Waals surface area contributed by atoms with Gasteiger partial charge < -0.3 is 5.32 Å². The monoisotopic (exact) mass is 309 g/mol. The summed E-state index contributed by atoms with van der Waals surface area (Å²) in [5, 5.41) is 11.4. The Morgan fingerprint density at radius 3 is 2.62 bits per heavy atom. The van der Waals surface area contributed by atoms with Gasteiger partial charge in [0.2, 0.25) is 11.7 Å². The van der Waals surface area contributed by atoms with Crippen LogP contribution in [0.3, 0.4) is 0 Å². The number of hydrogen-bond donors (Lipinski definition) is 2. The van der Waals surface area contributed by atoms with Crippen LogP contribution < -0.4 is 10.9 Å². The summed E-state index contributed by atoms with van der Waals surface area (Å²) in [6.45, 7) is 9.37. The lowest BCUT2D eigenvalue weighted by molar-refractivity contribution is -0.119. The van der Waals surface area contributed by atoms with Crippen LogP contribution in [0.2, 0.25) is 0 Å². The van der Waals surface area contributed by atoms with Gasteiger partial charge in [-0.3, -0.25) is 19.0 Å². The van der Waals surface area contributed by atoms with Crippen LogP contribution in [-0.2, 0) is 4.79 Å². The van der Waals surface area contributed by atoms with E-state index in [1.54, 1.807) is 11.3 Å². The Kier molecular flexibility index (Phi) is 4.08. The Morgan fingerprint density at radius 1 is 1.33 bits per heavy atom. The first-order chi connectivity index (χ1) is 9.69. The fourth-order valence-electron chi connectivity index (χ4n) is 1.86. The third kappa shape index (κ3) is 3.44. The molecular formula is C13H19N5O2S. The van der Waals surface area contributed by atoms with Gasteiger partial charge in [0.25, 0.3) is 5.56 Å². The van der Waals surface area contributed by atoms with E-state index >= 15 is 0 Å². The number of amides is 1. The van der Waals surface area contributed by atoms with E-state index in [1.165, 1.54) is 11.8 Å². The number of carbonyl (C=O) groups is 1. The van der Waals surface area contributed by atoms with E-state index in [2.05, 4.69) is 20.5 Å². The molecule has 7 nitrogen and oxygen atoms in total. The van der Waals surface area contributed by atoms with E-state index in [1.807, 2.05) is 27.7 Å². The van der Waals surface area contributed by atoms with Gasteiger partial charge in [-0.2, -0.15) is 0 Å². The maximum atomic E-state index is 11.8. The molecule has 0 aliphatic rings. The second-order valence-electron chi connectivity index (χ2n) is 5.89. The van der Waals surface area contributed by atoms with Crippen molar-refractivity contribution in [3.63, 3.8) is 0 Å². The lowest BCUT2D eigenvalue weighted by atomic mass is 10.1. The molecule has 2 aromatic rings. The molecule has 2 heterocycles. The summed E-state index contributed by atoms with van der Waals surface area (Å²) in [6, 6.07) is 0. The second kappa shape index (κ2) is 5.51. The van der Waals surface area contributed by atoms with Gasteiger partial charge in [0.1, 0.15) is 0 Å². The number of rotatable bonds is 3. The average molecular weight is 309 g/mol. The molecule has 21 heavy (non-hydrogen) atoms. The molecule has 1 amide bonds. The molecule has 8 heteroatoms. The summed E-state index contributed by atoms with van der Waals surface area (Å²) in [5.74, 6) is 0.570. The van der Waals surface area contributed by atoms with Crippen LogP contribution in [0.4, 0.5) is 0 Å². The van der Waals surface area contributed by atoms with Crippen LogP contribution in [0.15, 0.2) is 9.95 Å². The smallest absolute Gasteiger partial charge is 0.255 e. The Balaban J connectivity index is 2.23. The molecule has 0 spiro atoms. The number of thioether (sulfide) groups is 1. The molecule has 0 aliphatic heterocycles. The van der Waals surface area contributed by atoms with Crippen molar-refractivity contribution in [2.24, 2.45) is 0 Å². The Bertz CT molecular complexity index is 741. The predicted octanol–water partition coefficient (Wildman–Crippen LogP) is 1.04. The molecule has 0 aliphatic carbocycles. The van der Waals surface area contributed by atoms with Crippen molar-refractivity contribution in [2.45, 2.75) is 45.3 Å². The van der Waals surface area contributed by atoms with Crippen LogP contribution in [0.1, 0.15) is 32.0 Å². The molecule has 0 aromatic carbocycles. The van der Waals surface area contributed by atoms with Crippen molar-refractivity contribution in [2.75, 3.05) is 5.75 Å². The number of nitrogens with zero attached hydrogens (tertiary/aromatic N) is 3. The molecule has 2 aromatic heterocycles. The lowest BCUT2D eigenvalue weighted by Gasteiger charge is -2.20. The summed E-state index contributed by atoms with van der Waals surface area (Å²) >= 11 is 1.29. The number of carbonyl (C=O) groups excluding carboxylic acids is 1. The van der Waals surface area contributed by atoms with E-state index in [4.69, 9.17) is 0 Å². The summed E-state index contributed by atoms with van der Waals surface area (Å²) in [4.78, 5) is 26.2. The van der Waals surface area contributed by atoms with E-state index in [0.717, 1.165) is 5.69 Å². The first-order valence-corrected chi connectivity index (χ1v) is 7.56. The van der Waals surface area contributed by atoms with E-state index in [9.17, 15) is 9.59 Å². The van der Waals surface area contributed by atoms with E-state index in [0.29, 0.717) is 16.5 Å². The van der Waals surface area contributed by atoms with Gasteiger partial charge in [-0.1, -0.05) is 11.8 Å². The van der Waals surface area contributed by atoms with Gasteiger partial charge in [0.05, 0.1) is 5.75 Å². The summed E-state index contributed by atoms with van der Waals surface area (Å²) < 4.78 is 1.76. The average Bonchev–Trinajstić information content (AvgIpc) is 2.74. The van der Waals surface area contributed by atoms with Crippen LogP contribution in [0.25, 0.3) is 5.78 Å². The third-order valence-corrected chi connectivity index (χ3v) is 3.85. The molecule has 0 bridgehead atoms. The highest BCUT2D eigenvalue weighted by Crippen LogP contribution is 2.18. The zero-order chi connectivity index (χ0) is 15.8. The molecule has 114 valence electrons. The third-order valence-electron chi connectivity index (χ3n) is 2.92. The highest BCUT2D eigenvalue weighted by Gasteiger charge is 2.17. The minimum absolute atomic E-state index is 0.0666. The lowest BCUT2D eigenvalue weighted by Crippen LogP contribution is -2.41. The first kappa shape index (κ1) is 15.6. The van der Waals surface area contributed by atoms with Crippen molar-refractivity contribution in [1.82, 2.24) is 24.9 Å². The van der Waals surface area contributed by atoms with Crippen molar-refractivity contribution in [3.05, 3.63) is 21.6 Å². The first-order valence-electron chi connectivity index (χ1n) is 6.57. The van der Waals surface area contributed by atoms with E-state index < -0.39 is 0 Å². The van der Waals surface area contributed by atoms with Gasteiger partial charge in [-0.15, -0.1) is 10.2 Å². The van der Waals surface area contributed by atoms with E-state index in [-0.39, 0.29) is 22.8 Å². The second-order valence-corrected chi connectivity index (χ2v) is 6.84. The number of aryl methyl sites for hydroxylation is 1. The Labute approximate surface area is 126 Å². The molecule has 2 N–H and O–H groups in total.